The van der Waals surface area contributed by atoms with Gasteiger partial charge in [0.2, 0.25) is 0 Å². The number of hydrogen-bond donors (Lipinski definition) is 0. The predicted molar refractivity (Wildman–Crippen MR) is 70.0 cm³/mol. The molecule has 2 atom stereocenters. The first-order valence-electron chi connectivity index (χ1n) is 7.66. The number of hydrogen-bond acceptors (Lipinski definition) is 2. The van der Waals surface area contributed by atoms with Crippen LogP contribution in [-0.2, 0) is 9.47 Å². The zero-order valence-corrected chi connectivity index (χ0v) is 11.4. The summed E-state index contributed by atoms with van der Waals surface area (Å²) in [6.07, 6.45) is 14.2. The molecule has 2 fully saturated rings. The van der Waals surface area contributed by atoms with Gasteiger partial charge in [-0.1, -0.05) is 32.6 Å². The van der Waals surface area contributed by atoms with Gasteiger partial charge in [-0.2, -0.15) is 0 Å². The average molecular weight is 240 g/mol. The van der Waals surface area contributed by atoms with E-state index in [2.05, 4.69) is 6.92 Å². The minimum absolute atomic E-state index is 0.189. The van der Waals surface area contributed by atoms with Crippen molar-refractivity contribution in [1.82, 2.24) is 0 Å². The first kappa shape index (κ1) is 13.4. The van der Waals surface area contributed by atoms with Crippen LogP contribution >= 0.6 is 0 Å². The molecule has 0 radical (unpaired) electrons. The van der Waals surface area contributed by atoms with Crippen LogP contribution < -0.4 is 0 Å². The predicted octanol–water partition coefficient (Wildman–Crippen LogP) is 4.42. The second-order valence-electron chi connectivity index (χ2n) is 5.70. The van der Waals surface area contributed by atoms with Crippen LogP contribution in [0.1, 0.15) is 77.6 Å². The highest BCUT2D eigenvalue weighted by Crippen LogP contribution is 2.37. The van der Waals surface area contributed by atoms with Crippen LogP contribution in [0.25, 0.3) is 0 Å². The fourth-order valence-electron chi connectivity index (χ4n) is 3.14. The van der Waals surface area contributed by atoms with E-state index in [4.69, 9.17) is 9.47 Å². The minimum Gasteiger partial charge on any atom is -0.350 e. The van der Waals surface area contributed by atoms with Crippen LogP contribution in [0.4, 0.5) is 0 Å². The van der Waals surface area contributed by atoms with Crippen molar-refractivity contribution in [3.05, 3.63) is 0 Å². The van der Waals surface area contributed by atoms with E-state index in [-0.39, 0.29) is 5.79 Å². The van der Waals surface area contributed by atoms with Gasteiger partial charge in [-0.15, -0.1) is 0 Å². The summed E-state index contributed by atoms with van der Waals surface area (Å²) in [6.45, 7) is 3.17. The van der Waals surface area contributed by atoms with Crippen LogP contribution in [0.5, 0.6) is 0 Å². The zero-order valence-electron chi connectivity index (χ0n) is 11.4. The van der Waals surface area contributed by atoms with E-state index >= 15 is 0 Å². The van der Waals surface area contributed by atoms with E-state index in [9.17, 15) is 0 Å². The van der Waals surface area contributed by atoms with Crippen molar-refractivity contribution in [1.29, 1.82) is 0 Å². The number of ether oxygens (including phenoxy) is 2. The molecule has 0 aromatic rings. The second kappa shape index (κ2) is 6.75. The highest BCUT2D eigenvalue weighted by atomic mass is 16.7. The maximum atomic E-state index is 6.32. The van der Waals surface area contributed by atoms with E-state index < -0.39 is 0 Å². The van der Waals surface area contributed by atoms with Crippen LogP contribution in [0, 0.1) is 0 Å². The van der Waals surface area contributed by atoms with Gasteiger partial charge in [0.15, 0.2) is 5.79 Å². The Labute approximate surface area is 106 Å². The van der Waals surface area contributed by atoms with Crippen LogP contribution in [0.15, 0.2) is 0 Å². The monoisotopic (exact) mass is 240 g/mol. The van der Waals surface area contributed by atoms with Gasteiger partial charge in [0.25, 0.3) is 0 Å². The normalized spacial score (nSPS) is 34.8. The zero-order chi connectivity index (χ0) is 12.0. The Hall–Kier alpha value is -0.0800. The largest absolute Gasteiger partial charge is 0.350 e. The first-order chi connectivity index (χ1) is 8.35. The lowest BCUT2D eigenvalue weighted by molar-refractivity contribution is -0.280. The third-order valence-electron chi connectivity index (χ3n) is 4.16. The van der Waals surface area contributed by atoms with Crippen molar-refractivity contribution in [2.24, 2.45) is 0 Å². The standard InChI is InChI=1S/C15H28O2/c1-2-3-5-9-14-10-8-12-15(17-14)11-6-4-7-13-16-15/h14H,2-13H2,1H3. The molecule has 2 saturated heterocycles. The molecular weight excluding hydrogens is 212 g/mol. The third kappa shape index (κ3) is 3.96. The van der Waals surface area contributed by atoms with E-state index in [0.717, 1.165) is 19.4 Å². The molecule has 0 aliphatic carbocycles. The van der Waals surface area contributed by atoms with Crippen molar-refractivity contribution in [3.8, 4) is 0 Å². The quantitative estimate of drug-likeness (QED) is 0.677. The van der Waals surface area contributed by atoms with Crippen molar-refractivity contribution in [2.45, 2.75) is 89.4 Å². The van der Waals surface area contributed by atoms with Crippen LogP contribution in [0.2, 0.25) is 0 Å². The molecule has 1 spiro atoms. The topological polar surface area (TPSA) is 18.5 Å². The molecule has 0 aromatic heterocycles. The Morgan fingerprint density at radius 3 is 2.82 bits per heavy atom. The molecule has 0 saturated carbocycles. The maximum Gasteiger partial charge on any atom is 0.168 e. The summed E-state index contributed by atoms with van der Waals surface area (Å²) in [7, 11) is 0. The Balaban J connectivity index is 1.82. The van der Waals surface area contributed by atoms with Crippen molar-refractivity contribution >= 4 is 0 Å². The molecule has 2 aliphatic rings. The smallest absolute Gasteiger partial charge is 0.168 e. The summed E-state index contributed by atoms with van der Waals surface area (Å²) in [4.78, 5) is 0. The van der Waals surface area contributed by atoms with E-state index in [0.29, 0.717) is 6.10 Å². The second-order valence-corrected chi connectivity index (χ2v) is 5.70. The molecule has 2 heteroatoms. The summed E-state index contributed by atoms with van der Waals surface area (Å²) in [6, 6.07) is 0. The minimum atomic E-state index is -0.189. The molecular formula is C15H28O2. The number of unbranched alkanes of at least 4 members (excludes halogenated alkanes) is 2. The van der Waals surface area contributed by atoms with Gasteiger partial charge in [-0.3, -0.25) is 0 Å². The van der Waals surface area contributed by atoms with Crippen molar-refractivity contribution in [3.63, 3.8) is 0 Å². The Kier molecular flexibility index (Phi) is 5.30. The molecule has 0 aromatic carbocycles. The maximum absolute atomic E-state index is 6.32. The highest BCUT2D eigenvalue weighted by molar-refractivity contribution is 4.80. The van der Waals surface area contributed by atoms with E-state index in [1.165, 1.54) is 57.8 Å². The lowest BCUT2D eigenvalue weighted by Crippen LogP contribution is -2.42. The van der Waals surface area contributed by atoms with E-state index in [1.807, 2.05) is 0 Å². The molecule has 0 bridgehead atoms. The van der Waals surface area contributed by atoms with Gasteiger partial charge in [0, 0.05) is 12.8 Å². The lowest BCUT2D eigenvalue weighted by atomic mass is 9.94. The highest BCUT2D eigenvalue weighted by Gasteiger charge is 2.38. The average Bonchev–Trinajstić information content (AvgIpc) is 2.56. The Bertz CT molecular complexity index is 207. The summed E-state index contributed by atoms with van der Waals surface area (Å²) in [5.74, 6) is -0.189. The molecule has 17 heavy (non-hydrogen) atoms. The molecule has 0 N–H and O–H groups in total. The summed E-state index contributed by atoms with van der Waals surface area (Å²) < 4.78 is 12.4. The fourth-order valence-corrected chi connectivity index (χ4v) is 3.14. The number of rotatable bonds is 4. The van der Waals surface area contributed by atoms with Gasteiger partial charge in [-0.05, 0) is 32.1 Å². The van der Waals surface area contributed by atoms with E-state index in [1.54, 1.807) is 0 Å². The molecule has 2 unspecified atom stereocenters. The molecule has 2 nitrogen and oxygen atoms in total. The van der Waals surface area contributed by atoms with Crippen molar-refractivity contribution in [2.75, 3.05) is 6.61 Å². The van der Waals surface area contributed by atoms with Gasteiger partial charge in [-0.25, -0.2) is 0 Å². The lowest BCUT2D eigenvalue weighted by Gasteiger charge is -2.40. The molecule has 2 rings (SSSR count). The molecule has 2 aliphatic heterocycles. The Morgan fingerprint density at radius 1 is 1.06 bits per heavy atom. The van der Waals surface area contributed by atoms with Gasteiger partial charge >= 0.3 is 0 Å². The van der Waals surface area contributed by atoms with Crippen molar-refractivity contribution < 1.29 is 9.47 Å². The van der Waals surface area contributed by atoms with Crippen LogP contribution in [0.3, 0.4) is 0 Å². The Morgan fingerprint density at radius 2 is 1.94 bits per heavy atom. The molecule has 0 amide bonds. The van der Waals surface area contributed by atoms with Gasteiger partial charge < -0.3 is 9.47 Å². The summed E-state index contributed by atoms with van der Waals surface area (Å²) in [5.41, 5.74) is 0. The SMILES string of the molecule is CCCCCC1CCCC2(CCCCCO2)O1. The van der Waals surface area contributed by atoms with Gasteiger partial charge in [0.1, 0.15) is 0 Å². The molecule has 2 heterocycles. The third-order valence-corrected chi connectivity index (χ3v) is 4.16. The summed E-state index contributed by atoms with van der Waals surface area (Å²) in [5, 5.41) is 0. The molecule has 100 valence electrons. The first-order valence-corrected chi connectivity index (χ1v) is 7.66. The fraction of sp³-hybridized carbons (Fsp3) is 1.00. The van der Waals surface area contributed by atoms with Crippen LogP contribution in [-0.4, -0.2) is 18.5 Å². The van der Waals surface area contributed by atoms with Gasteiger partial charge in [0.05, 0.1) is 12.7 Å². The summed E-state index contributed by atoms with van der Waals surface area (Å²) >= 11 is 0.